The van der Waals surface area contributed by atoms with Crippen molar-refractivity contribution in [1.29, 1.82) is 0 Å². The van der Waals surface area contributed by atoms with Crippen LogP contribution in [0.5, 0.6) is 0 Å². The number of carbonyl (C=O) groups excluding carboxylic acids is 1. The molecule has 1 aromatic rings. The Bertz CT molecular complexity index is 310. The zero-order valence-electron chi connectivity index (χ0n) is 7.85. The van der Waals surface area contributed by atoms with E-state index in [0.29, 0.717) is 19.5 Å². The van der Waals surface area contributed by atoms with Gasteiger partial charge >= 0.3 is 0 Å². The van der Waals surface area contributed by atoms with E-state index in [-0.39, 0.29) is 12.0 Å². The lowest BCUT2D eigenvalue weighted by Crippen LogP contribution is -2.30. The number of nitrogens with zero attached hydrogens (tertiary/aromatic N) is 1. The molecule has 0 radical (unpaired) electrons. The summed E-state index contributed by atoms with van der Waals surface area (Å²) >= 11 is 1.60. The van der Waals surface area contributed by atoms with E-state index >= 15 is 0 Å². The van der Waals surface area contributed by atoms with Crippen molar-refractivity contribution in [3.8, 4) is 0 Å². The maximum absolute atomic E-state index is 11.7. The minimum absolute atomic E-state index is 0.129. The van der Waals surface area contributed by atoms with Crippen LogP contribution in [0.25, 0.3) is 0 Å². The summed E-state index contributed by atoms with van der Waals surface area (Å²) in [5.74, 6) is 0.129. The Hall–Kier alpha value is -0.870. The van der Waals surface area contributed by atoms with Gasteiger partial charge < -0.3 is 10.0 Å². The van der Waals surface area contributed by atoms with Gasteiger partial charge in [-0.1, -0.05) is 6.07 Å². The van der Waals surface area contributed by atoms with Crippen LogP contribution in [0.3, 0.4) is 0 Å². The van der Waals surface area contributed by atoms with Crippen LogP contribution in [0.2, 0.25) is 0 Å². The number of aliphatic hydroxyl groups excluding tert-OH is 1. The van der Waals surface area contributed by atoms with Crippen LogP contribution in [-0.2, 0) is 11.2 Å². The molecule has 3 nitrogen and oxygen atoms in total. The second-order valence-electron chi connectivity index (χ2n) is 3.54. The minimum Gasteiger partial charge on any atom is -0.391 e. The Labute approximate surface area is 87.0 Å². The number of carbonyl (C=O) groups is 1. The van der Waals surface area contributed by atoms with Crippen molar-refractivity contribution in [2.24, 2.45) is 0 Å². The molecule has 1 amide bonds. The Morgan fingerprint density at radius 1 is 1.71 bits per heavy atom. The molecule has 1 N–H and O–H groups in total. The lowest BCUT2D eigenvalue weighted by molar-refractivity contribution is -0.129. The first kappa shape index (κ1) is 9.68. The third-order valence-electron chi connectivity index (χ3n) is 2.42. The number of hydrogen-bond acceptors (Lipinski definition) is 3. The van der Waals surface area contributed by atoms with E-state index in [9.17, 15) is 9.90 Å². The normalized spacial score (nSPS) is 21.5. The van der Waals surface area contributed by atoms with Crippen LogP contribution < -0.4 is 0 Å². The Morgan fingerprint density at radius 3 is 3.14 bits per heavy atom. The van der Waals surface area contributed by atoms with Gasteiger partial charge in [0.1, 0.15) is 0 Å². The number of aliphatic hydroxyl groups is 1. The molecule has 1 aliphatic heterocycles. The quantitative estimate of drug-likeness (QED) is 0.789. The Balaban J connectivity index is 1.90. The molecule has 0 unspecified atom stereocenters. The molecule has 1 atom stereocenters. The van der Waals surface area contributed by atoms with Crippen LogP contribution >= 0.6 is 11.3 Å². The molecule has 1 aromatic heterocycles. The molecule has 0 spiro atoms. The number of amides is 1. The minimum atomic E-state index is -0.317. The molecular weight excluding hydrogens is 198 g/mol. The van der Waals surface area contributed by atoms with E-state index in [0.717, 1.165) is 11.3 Å². The van der Waals surface area contributed by atoms with E-state index in [1.54, 1.807) is 16.2 Å². The smallest absolute Gasteiger partial charge is 0.227 e. The van der Waals surface area contributed by atoms with Gasteiger partial charge in [-0.3, -0.25) is 4.79 Å². The highest BCUT2D eigenvalue weighted by Gasteiger charge is 2.24. The van der Waals surface area contributed by atoms with E-state index < -0.39 is 0 Å². The molecule has 0 aromatic carbocycles. The van der Waals surface area contributed by atoms with Crippen LogP contribution in [0.4, 0.5) is 0 Å². The van der Waals surface area contributed by atoms with Crippen LogP contribution in [0.15, 0.2) is 17.5 Å². The zero-order chi connectivity index (χ0) is 9.97. The average molecular weight is 211 g/mol. The number of hydrogen-bond donors (Lipinski definition) is 1. The van der Waals surface area contributed by atoms with Gasteiger partial charge in [0.25, 0.3) is 0 Å². The van der Waals surface area contributed by atoms with Crippen molar-refractivity contribution in [2.75, 3.05) is 13.1 Å². The third kappa shape index (κ3) is 2.13. The number of thiophene rings is 1. The molecular formula is C10H13NO2S. The highest BCUT2D eigenvalue weighted by molar-refractivity contribution is 7.10. The van der Waals surface area contributed by atoms with Crippen LogP contribution in [0.1, 0.15) is 11.3 Å². The monoisotopic (exact) mass is 211 g/mol. The van der Waals surface area contributed by atoms with Crippen molar-refractivity contribution in [2.45, 2.75) is 18.9 Å². The van der Waals surface area contributed by atoms with Gasteiger partial charge in [0.15, 0.2) is 0 Å². The standard InChI is InChI=1S/C10H13NO2S/c12-8-3-4-11(7-8)10(13)6-9-2-1-5-14-9/h1-2,5,8,12H,3-4,6-7H2/t8-/m0/s1. The van der Waals surface area contributed by atoms with Crippen LogP contribution in [0, 0.1) is 0 Å². The molecule has 0 aliphatic carbocycles. The number of β-amino-alcohol motifs (C(OH)–C–C–N with tert-alkyl or cyclic N) is 1. The summed E-state index contributed by atoms with van der Waals surface area (Å²) < 4.78 is 0. The largest absolute Gasteiger partial charge is 0.391 e. The van der Waals surface area contributed by atoms with E-state index in [4.69, 9.17) is 0 Å². The molecule has 1 fully saturated rings. The van der Waals surface area contributed by atoms with Crippen LogP contribution in [-0.4, -0.2) is 35.1 Å². The summed E-state index contributed by atoms with van der Waals surface area (Å²) in [6, 6.07) is 3.92. The van der Waals surface area contributed by atoms with Gasteiger partial charge in [-0.2, -0.15) is 0 Å². The second-order valence-corrected chi connectivity index (χ2v) is 4.57. The summed E-state index contributed by atoms with van der Waals surface area (Å²) in [5.41, 5.74) is 0. The molecule has 0 bridgehead atoms. The number of rotatable bonds is 2. The second kappa shape index (κ2) is 4.11. The summed E-state index contributed by atoms with van der Waals surface area (Å²) in [6.07, 6.45) is 0.878. The molecule has 0 saturated carbocycles. The molecule has 14 heavy (non-hydrogen) atoms. The average Bonchev–Trinajstić information content (AvgIpc) is 2.75. The summed E-state index contributed by atoms with van der Waals surface area (Å²) in [5, 5.41) is 11.3. The molecule has 2 rings (SSSR count). The van der Waals surface area contributed by atoms with Crippen molar-refractivity contribution in [1.82, 2.24) is 4.90 Å². The lowest BCUT2D eigenvalue weighted by atomic mass is 10.3. The van der Waals surface area contributed by atoms with Crippen molar-refractivity contribution in [3.63, 3.8) is 0 Å². The topological polar surface area (TPSA) is 40.5 Å². The molecule has 1 aliphatic rings. The molecule has 1 saturated heterocycles. The van der Waals surface area contributed by atoms with E-state index in [2.05, 4.69) is 0 Å². The van der Waals surface area contributed by atoms with Gasteiger partial charge in [0.2, 0.25) is 5.91 Å². The highest BCUT2D eigenvalue weighted by Crippen LogP contribution is 2.14. The van der Waals surface area contributed by atoms with Crippen molar-refractivity contribution in [3.05, 3.63) is 22.4 Å². The predicted octanol–water partition coefficient (Wildman–Crippen LogP) is 0.884. The van der Waals surface area contributed by atoms with E-state index in [1.165, 1.54) is 0 Å². The van der Waals surface area contributed by atoms with Gasteiger partial charge in [-0.15, -0.1) is 11.3 Å². The fraction of sp³-hybridized carbons (Fsp3) is 0.500. The summed E-state index contributed by atoms with van der Waals surface area (Å²) in [7, 11) is 0. The molecule has 4 heteroatoms. The maximum Gasteiger partial charge on any atom is 0.227 e. The maximum atomic E-state index is 11.7. The molecule has 2 heterocycles. The first-order chi connectivity index (χ1) is 6.75. The van der Waals surface area contributed by atoms with Gasteiger partial charge in [-0.25, -0.2) is 0 Å². The van der Waals surface area contributed by atoms with Gasteiger partial charge in [0.05, 0.1) is 12.5 Å². The van der Waals surface area contributed by atoms with Gasteiger partial charge in [0, 0.05) is 18.0 Å². The highest BCUT2D eigenvalue weighted by atomic mass is 32.1. The fourth-order valence-corrected chi connectivity index (χ4v) is 2.34. The molecule has 76 valence electrons. The summed E-state index contributed by atoms with van der Waals surface area (Å²) in [6.45, 7) is 1.20. The zero-order valence-corrected chi connectivity index (χ0v) is 8.67. The SMILES string of the molecule is O=C(Cc1cccs1)N1CC[C@H](O)C1. The predicted molar refractivity (Wildman–Crippen MR) is 55.2 cm³/mol. The van der Waals surface area contributed by atoms with Gasteiger partial charge in [-0.05, 0) is 17.9 Å². The summed E-state index contributed by atoms with van der Waals surface area (Å²) in [4.78, 5) is 14.5. The Morgan fingerprint density at radius 2 is 2.57 bits per heavy atom. The Kier molecular flexibility index (Phi) is 2.84. The van der Waals surface area contributed by atoms with Crippen molar-refractivity contribution < 1.29 is 9.90 Å². The number of likely N-dealkylation sites (tertiary alicyclic amines) is 1. The lowest BCUT2D eigenvalue weighted by Gasteiger charge is -2.14. The third-order valence-corrected chi connectivity index (χ3v) is 3.30. The fourth-order valence-electron chi connectivity index (χ4n) is 1.64. The first-order valence-electron chi connectivity index (χ1n) is 4.74. The van der Waals surface area contributed by atoms with E-state index in [1.807, 2.05) is 17.5 Å². The van der Waals surface area contributed by atoms with Crippen molar-refractivity contribution >= 4 is 17.2 Å². The first-order valence-corrected chi connectivity index (χ1v) is 5.62.